The van der Waals surface area contributed by atoms with Gasteiger partial charge in [-0.3, -0.25) is 4.98 Å². The summed E-state index contributed by atoms with van der Waals surface area (Å²) in [5.74, 6) is 0. The van der Waals surface area contributed by atoms with Crippen molar-refractivity contribution in [3.05, 3.63) is 48.2 Å². The normalized spacial score (nSPS) is 9.56. The first-order chi connectivity index (χ1) is 7.83. The Hall–Kier alpha value is -2.25. The van der Waals surface area contributed by atoms with Crippen LogP contribution in [-0.4, -0.2) is 11.1 Å². The molecule has 2 rings (SSSR count). The van der Waals surface area contributed by atoms with E-state index in [0.29, 0.717) is 11.4 Å². The zero-order valence-electron chi connectivity index (χ0n) is 8.84. The summed E-state index contributed by atoms with van der Waals surface area (Å²) in [6.45, 7) is 2.00. The minimum atomic E-state index is 0.548. The fourth-order valence-corrected chi connectivity index (χ4v) is 1.58. The lowest BCUT2D eigenvalue weighted by molar-refractivity contribution is 0.565. The van der Waals surface area contributed by atoms with Crippen molar-refractivity contribution < 1.29 is 4.79 Å². The van der Waals surface area contributed by atoms with Gasteiger partial charge in [0.15, 0.2) is 0 Å². The van der Waals surface area contributed by atoms with E-state index in [1.54, 1.807) is 24.4 Å². The number of nitrogens with zero attached hydrogens (tertiary/aromatic N) is 2. The van der Waals surface area contributed by atoms with Gasteiger partial charge in [0.1, 0.15) is 5.69 Å². The molecule has 1 aromatic carbocycles. The second-order valence-corrected chi connectivity index (χ2v) is 3.39. The summed E-state index contributed by atoms with van der Waals surface area (Å²) < 4.78 is 0. The lowest BCUT2D eigenvalue weighted by atomic mass is 10.0. The van der Waals surface area contributed by atoms with Gasteiger partial charge in [-0.1, -0.05) is 24.3 Å². The molecule has 2 aromatic rings. The van der Waals surface area contributed by atoms with Gasteiger partial charge in [0.25, 0.3) is 0 Å². The molecule has 78 valence electrons. The Labute approximate surface area is 93.5 Å². The monoisotopic (exact) mass is 210 g/mol. The first-order valence-corrected chi connectivity index (χ1v) is 4.92. The number of hydrogen-bond donors (Lipinski definition) is 0. The van der Waals surface area contributed by atoms with Crippen LogP contribution in [0.15, 0.2) is 47.6 Å². The smallest absolute Gasteiger partial charge is 0.240 e. The highest BCUT2D eigenvalue weighted by molar-refractivity contribution is 5.75. The maximum atomic E-state index is 10.3. The van der Waals surface area contributed by atoms with E-state index < -0.39 is 0 Å². The van der Waals surface area contributed by atoms with Crippen molar-refractivity contribution in [2.75, 3.05) is 0 Å². The maximum Gasteiger partial charge on any atom is 0.240 e. The van der Waals surface area contributed by atoms with Crippen molar-refractivity contribution >= 4 is 11.8 Å². The molecule has 1 heterocycles. The van der Waals surface area contributed by atoms with Crippen LogP contribution in [0.5, 0.6) is 0 Å². The average molecular weight is 210 g/mol. The highest BCUT2D eigenvalue weighted by Gasteiger charge is 2.07. The maximum absolute atomic E-state index is 10.3. The topological polar surface area (TPSA) is 42.3 Å². The summed E-state index contributed by atoms with van der Waals surface area (Å²) in [7, 11) is 0. The van der Waals surface area contributed by atoms with Gasteiger partial charge < -0.3 is 0 Å². The van der Waals surface area contributed by atoms with E-state index in [-0.39, 0.29) is 0 Å². The van der Waals surface area contributed by atoms with E-state index in [1.807, 2.05) is 31.2 Å². The third-order valence-corrected chi connectivity index (χ3v) is 2.35. The number of rotatable bonds is 2. The second kappa shape index (κ2) is 4.51. The highest BCUT2D eigenvalue weighted by Crippen LogP contribution is 2.29. The van der Waals surface area contributed by atoms with Crippen LogP contribution in [0.1, 0.15) is 5.56 Å². The molecule has 0 aliphatic rings. The van der Waals surface area contributed by atoms with Gasteiger partial charge in [-0.2, -0.15) is 4.99 Å². The van der Waals surface area contributed by atoms with Crippen LogP contribution >= 0.6 is 0 Å². The van der Waals surface area contributed by atoms with Crippen LogP contribution < -0.4 is 0 Å². The van der Waals surface area contributed by atoms with Crippen LogP contribution in [0.4, 0.5) is 5.69 Å². The fourth-order valence-electron chi connectivity index (χ4n) is 1.58. The van der Waals surface area contributed by atoms with Gasteiger partial charge in [-0.25, -0.2) is 4.79 Å². The number of hydrogen-bond acceptors (Lipinski definition) is 3. The van der Waals surface area contributed by atoms with Crippen molar-refractivity contribution in [2.45, 2.75) is 6.92 Å². The van der Waals surface area contributed by atoms with Crippen molar-refractivity contribution in [1.29, 1.82) is 0 Å². The van der Waals surface area contributed by atoms with Crippen molar-refractivity contribution in [2.24, 2.45) is 4.99 Å². The number of pyridine rings is 1. The van der Waals surface area contributed by atoms with Gasteiger partial charge in [0, 0.05) is 11.8 Å². The summed E-state index contributed by atoms with van der Waals surface area (Å²) in [6.07, 6.45) is 3.23. The lowest BCUT2D eigenvalue weighted by Crippen LogP contribution is -1.86. The van der Waals surface area contributed by atoms with E-state index in [0.717, 1.165) is 11.1 Å². The van der Waals surface area contributed by atoms with E-state index in [1.165, 1.54) is 0 Å². The molecule has 1 aromatic heterocycles. The zero-order chi connectivity index (χ0) is 11.4. The quantitative estimate of drug-likeness (QED) is 0.564. The van der Waals surface area contributed by atoms with Crippen LogP contribution in [0.2, 0.25) is 0 Å². The summed E-state index contributed by atoms with van der Waals surface area (Å²) in [5.41, 5.74) is 3.34. The molecule has 0 atom stereocenters. The number of aliphatic imine (C=N–C) groups is 1. The minimum absolute atomic E-state index is 0.548. The SMILES string of the molecule is Cc1ccccc1-c1ncccc1N=C=O. The van der Waals surface area contributed by atoms with Crippen molar-refractivity contribution in [3.8, 4) is 11.3 Å². The molecule has 0 fully saturated rings. The van der Waals surface area contributed by atoms with Gasteiger partial charge >= 0.3 is 0 Å². The number of carbonyl (C=O) groups excluding carboxylic acids is 1. The molecule has 16 heavy (non-hydrogen) atoms. The summed E-state index contributed by atoms with van der Waals surface area (Å²) in [4.78, 5) is 18.2. The average Bonchev–Trinajstić information content (AvgIpc) is 2.31. The highest BCUT2D eigenvalue weighted by atomic mass is 16.1. The molecule has 0 radical (unpaired) electrons. The molecular formula is C13H10N2O. The second-order valence-electron chi connectivity index (χ2n) is 3.39. The minimum Gasteiger partial charge on any atom is -0.254 e. The number of aryl methyl sites for hydroxylation is 1. The van der Waals surface area contributed by atoms with E-state index >= 15 is 0 Å². The molecule has 0 aliphatic heterocycles. The molecule has 3 nitrogen and oxygen atoms in total. The molecule has 0 unspecified atom stereocenters. The van der Waals surface area contributed by atoms with Crippen molar-refractivity contribution in [1.82, 2.24) is 4.98 Å². The Balaban J connectivity index is 2.64. The number of isocyanates is 1. The predicted octanol–water partition coefficient (Wildman–Crippen LogP) is 3.02. The summed E-state index contributed by atoms with van der Waals surface area (Å²) in [5, 5.41) is 0. The lowest BCUT2D eigenvalue weighted by Gasteiger charge is -2.06. The van der Waals surface area contributed by atoms with E-state index in [9.17, 15) is 4.79 Å². The first-order valence-electron chi connectivity index (χ1n) is 4.92. The van der Waals surface area contributed by atoms with E-state index in [2.05, 4.69) is 9.98 Å². The van der Waals surface area contributed by atoms with Crippen LogP contribution in [-0.2, 0) is 4.79 Å². The summed E-state index contributed by atoms with van der Waals surface area (Å²) in [6, 6.07) is 11.4. The number of aromatic nitrogens is 1. The van der Waals surface area contributed by atoms with Crippen LogP contribution in [0, 0.1) is 6.92 Å². The predicted molar refractivity (Wildman–Crippen MR) is 62.2 cm³/mol. The Morgan fingerprint density at radius 3 is 2.75 bits per heavy atom. The third-order valence-electron chi connectivity index (χ3n) is 2.35. The van der Waals surface area contributed by atoms with Crippen molar-refractivity contribution in [3.63, 3.8) is 0 Å². The zero-order valence-corrected chi connectivity index (χ0v) is 8.84. The third kappa shape index (κ3) is 1.90. The molecule has 0 aliphatic carbocycles. The fraction of sp³-hybridized carbons (Fsp3) is 0.0769. The molecule has 3 heteroatoms. The Morgan fingerprint density at radius 2 is 2.00 bits per heavy atom. The van der Waals surface area contributed by atoms with Gasteiger partial charge in [0.05, 0.1) is 5.69 Å². The Morgan fingerprint density at radius 1 is 1.19 bits per heavy atom. The van der Waals surface area contributed by atoms with E-state index in [4.69, 9.17) is 0 Å². The Kier molecular flexibility index (Phi) is 2.90. The first kappa shape index (κ1) is 10.3. The Bertz CT molecular complexity index is 557. The molecular weight excluding hydrogens is 200 g/mol. The summed E-state index contributed by atoms with van der Waals surface area (Å²) >= 11 is 0. The number of benzene rings is 1. The molecule has 0 saturated carbocycles. The molecule has 0 amide bonds. The standard InChI is InChI=1S/C13H10N2O/c1-10-5-2-3-6-11(10)13-12(15-9-16)7-4-8-14-13/h2-8H,1H3. The molecule has 0 N–H and O–H groups in total. The largest absolute Gasteiger partial charge is 0.254 e. The van der Waals surface area contributed by atoms with Gasteiger partial charge in [-0.05, 0) is 24.6 Å². The van der Waals surface area contributed by atoms with Crippen LogP contribution in [0.3, 0.4) is 0 Å². The van der Waals surface area contributed by atoms with Gasteiger partial charge in [-0.15, -0.1) is 0 Å². The molecule has 0 spiro atoms. The molecule has 0 saturated heterocycles. The van der Waals surface area contributed by atoms with Gasteiger partial charge in [0.2, 0.25) is 6.08 Å². The van der Waals surface area contributed by atoms with Crippen LogP contribution in [0.25, 0.3) is 11.3 Å². The molecule has 0 bridgehead atoms.